The lowest BCUT2D eigenvalue weighted by Gasteiger charge is -2.33. The van der Waals surface area contributed by atoms with E-state index in [-0.39, 0.29) is 6.61 Å². The van der Waals surface area contributed by atoms with Gasteiger partial charge in [-0.25, -0.2) is 4.18 Å². The SMILES string of the molecule is O=S(=O)(O)O[C@@H]1[C@@H](O)[C@H](O)CO[C@H]1O. The summed E-state index contributed by atoms with van der Waals surface area (Å²) in [5, 5.41) is 27.2. The minimum atomic E-state index is -4.82. The molecule has 0 aliphatic carbocycles. The Labute approximate surface area is 79.6 Å². The van der Waals surface area contributed by atoms with Crippen LogP contribution in [0.2, 0.25) is 0 Å². The molecule has 14 heavy (non-hydrogen) atoms. The van der Waals surface area contributed by atoms with Crippen LogP contribution in [0, 0.1) is 0 Å². The van der Waals surface area contributed by atoms with Crippen LogP contribution in [0.5, 0.6) is 0 Å². The summed E-state index contributed by atoms with van der Waals surface area (Å²) >= 11 is 0. The monoisotopic (exact) mass is 230 g/mol. The molecule has 0 radical (unpaired) electrons. The van der Waals surface area contributed by atoms with Crippen LogP contribution in [0.15, 0.2) is 0 Å². The van der Waals surface area contributed by atoms with Gasteiger partial charge in [-0.15, -0.1) is 0 Å². The van der Waals surface area contributed by atoms with E-state index in [0.29, 0.717) is 0 Å². The first-order valence-electron chi connectivity index (χ1n) is 3.63. The standard InChI is InChI=1S/C5H10O8S/c6-2-1-12-5(8)4(3(2)7)13-14(9,10)11/h2-8H,1H2,(H,9,10,11)/t2-,3+,4-,5-/m1/s1. The molecule has 9 heteroatoms. The summed E-state index contributed by atoms with van der Waals surface area (Å²) in [5.41, 5.74) is 0. The lowest BCUT2D eigenvalue weighted by Crippen LogP contribution is -2.54. The zero-order chi connectivity index (χ0) is 10.9. The topological polar surface area (TPSA) is 134 Å². The van der Waals surface area contributed by atoms with Crippen molar-refractivity contribution in [2.45, 2.75) is 24.6 Å². The number of hydrogen-bond donors (Lipinski definition) is 4. The van der Waals surface area contributed by atoms with Crippen LogP contribution in [-0.2, 0) is 19.3 Å². The molecule has 1 heterocycles. The summed E-state index contributed by atoms with van der Waals surface area (Å²) in [6.45, 7) is -0.354. The van der Waals surface area contributed by atoms with Gasteiger partial charge in [0.15, 0.2) is 12.4 Å². The van der Waals surface area contributed by atoms with Crippen molar-refractivity contribution in [3.8, 4) is 0 Å². The van der Waals surface area contributed by atoms with Crippen LogP contribution in [0.25, 0.3) is 0 Å². The van der Waals surface area contributed by atoms with Crippen LogP contribution >= 0.6 is 0 Å². The van der Waals surface area contributed by atoms with Crippen LogP contribution < -0.4 is 0 Å². The van der Waals surface area contributed by atoms with Gasteiger partial charge in [-0.05, 0) is 0 Å². The number of ether oxygens (including phenoxy) is 1. The Morgan fingerprint density at radius 2 is 1.86 bits per heavy atom. The number of aliphatic hydroxyl groups is 3. The molecule has 0 aromatic heterocycles. The molecule has 0 aromatic rings. The van der Waals surface area contributed by atoms with Gasteiger partial charge in [0.05, 0.1) is 6.61 Å². The molecule has 84 valence electrons. The summed E-state index contributed by atoms with van der Waals surface area (Å²) in [6, 6.07) is 0. The lowest BCUT2D eigenvalue weighted by atomic mass is 10.1. The van der Waals surface area contributed by atoms with E-state index in [2.05, 4.69) is 8.92 Å². The van der Waals surface area contributed by atoms with Gasteiger partial charge in [-0.1, -0.05) is 0 Å². The molecule has 0 saturated carbocycles. The highest BCUT2D eigenvalue weighted by atomic mass is 32.3. The molecular formula is C5H10O8S. The van der Waals surface area contributed by atoms with Crippen molar-refractivity contribution < 1.29 is 37.2 Å². The quantitative estimate of drug-likeness (QED) is 0.375. The van der Waals surface area contributed by atoms with Crippen molar-refractivity contribution in [3.05, 3.63) is 0 Å². The number of aliphatic hydroxyl groups excluding tert-OH is 3. The molecular weight excluding hydrogens is 220 g/mol. The fourth-order valence-electron chi connectivity index (χ4n) is 1.02. The van der Waals surface area contributed by atoms with Crippen molar-refractivity contribution in [2.24, 2.45) is 0 Å². The predicted molar refractivity (Wildman–Crippen MR) is 40.4 cm³/mol. The highest BCUT2D eigenvalue weighted by Crippen LogP contribution is 2.18. The molecule has 1 saturated heterocycles. The average molecular weight is 230 g/mol. The molecule has 0 aromatic carbocycles. The molecule has 0 unspecified atom stereocenters. The molecule has 1 aliphatic heterocycles. The van der Waals surface area contributed by atoms with E-state index < -0.39 is 35.0 Å². The van der Waals surface area contributed by atoms with Gasteiger partial charge in [-0.2, -0.15) is 8.42 Å². The number of rotatable bonds is 2. The van der Waals surface area contributed by atoms with Crippen LogP contribution in [-0.4, -0.2) is 59.5 Å². The molecule has 0 bridgehead atoms. The maximum atomic E-state index is 10.3. The van der Waals surface area contributed by atoms with E-state index >= 15 is 0 Å². The van der Waals surface area contributed by atoms with Gasteiger partial charge in [0.2, 0.25) is 0 Å². The van der Waals surface area contributed by atoms with Crippen molar-refractivity contribution in [2.75, 3.05) is 6.61 Å². The summed E-state index contributed by atoms with van der Waals surface area (Å²) < 4.78 is 37.2. The summed E-state index contributed by atoms with van der Waals surface area (Å²) in [6.07, 6.45) is -6.50. The van der Waals surface area contributed by atoms with Crippen molar-refractivity contribution in [1.29, 1.82) is 0 Å². The zero-order valence-corrected chi connectivity index (χ0v) is 7.66. The summed E-state index contributed by atoms with van der Waals surface area (Å²) in [7, 11) is -4.82. The highest BCUT2D eigenvalue weighted by molar-refractivity contribution is 7.80. The molecule has 4 N–H and O–H groups in total. The van der Waals surface area contributed by atoms with Crippen LogP contribution in [0.4, 0.5) is 0 Å². The minimum absolute atomic E-state index is 0.354. The van der Waals surface area contributed by atoms with Crippen molar-refractivity contribution in [1.82, 2.24) is 0 Å². The third kappa shape index (κ3) is 2.85. The largest absolute Gasteiger partial charge is 0.397 e. The second kappa shape index (κ2) is 4.06. The molecule has 4 atom stereocenters. The zero-order valence-electron chi connectivity index (χ0n) is 6.85. The Bertz CT molecular complexity index is 286. The van der Waals surface area contributed by atoms with E-state index in [9.17, 15) is 13.5 Å². The van der Waals surface area contributed by atoms with Crippen LogP contribution in [0.1, 0.15) is 0 Å². The van der Waals surface area contributed by atoms with E-state index in [1.54, 1.807) is 0 Å². The van der Waals surface area contributed by atoms with Crippen LogP contribution in [0.3, 0.4) is 0 Å². The molecule has 0 spiro atoms. The second-order valence-corrected chi connectivity index (χ2v) is 3.82. The maximum Gasteiger partial charge on any atom is 0.397 e. The first-order chi connectivity index (χ1) is 6.31. The van der Waals surface area contributed by atoms with Gasteiger partial charge < -0.3 is 20.1 Å². The van der Waals surface area contributed by atoms with Gasteiger partial charge in [-0.3, -0.25) is 4.55 Å². The average Bonchev–Trinajstić information content (AvgIpc) is 2.04. The Kier molecular flexibility index (Phi) is 3.42. The molecule has 1 rings (SSSR count). The molecule has 1 fully saturated rings. The smallest absolute Gasteiger partial charge is 0.388 e. The minimum Gasteiger partial charge on any atom is -0.388 e. The molecule has 1 aliphatic rings. The first kappa shape index (κ1) is 11.8. The lowest BCUT2D eigenvalue weighted by molar-refractivity contribution is -0.245. The van der Waals surface area contributed by atoms with Gasteiger partial charge in [0, 0.05) is 0 Å². The Balaban J connectivity index is 2.73. The second-order valence-electron chi connectivity index (χ2n) is 2.77. The summed E-state index contributed by atoms with van der Waals surface area (Å²) in [5.74, 6) is 0. The maximum absolute atomic E-state index is 10.3. The Hall–Kier alpha value is -0.290. The van der Waals surface area contributed by atoms with E-state index in [1.807, 2.05) is 0 Å². The van der Waals surface area contributed by atoms with E-state index in [0.717, 1.165) is 0 Å². The van der Waals surface area contributed by atoms with Gasteiger partial charge >= 0.3 is 10.4 Å². The molecule has 0 amide bonds. The van der Waals surface area contributed by atoms with E-state index in [1.165, 1.54) is 0 Å². The Morgan fingerprint density at radius 3 is 2.36 bits per heavy atom. The third-order valence-corrected chi connectivity index (χ3v) is 2.15. The fraction of sp³-hybridized carbons (Fsp3) is 1.00. The third-order valence-electron chi connectivity index (χ3n) is 1.68. The molecule has 8 nitrogen and oxygen atoms in total. The van der Waals surface area contributed by atoms with E-state index in [4.69, 9.17) is 14.8 Å². The number of hydrogen-bond acceptors (Lipinski definition) is 7. The predicted octanol–water partition coefficient (Wildman–Crippen LogP) is -2.76. The fourth-order valence-corrected chi connectivity index (χ4v) is 1.51. The highest BCUT2D eigenvalue weighted by Gasteiger charge is 2.41. The first-order valence-corrected chi connectivity index (χ1v) is 4.99. The van der Waals surface area contributed by atoms with Gasteiger partial charge in [0.1, 0.15) is 12.2 Å². The van der Waals surface area contributed by atoms with Gasteiger partial charge in [0.25, 0.3) is 0 Å². The van der Waals surface area contributed by atoms with Crippen molar-refractivity contribution >= 4 is 10.4 Å². The van der Waals surface area contributed by atoms with Crippen molar-refractivity contribution in [3.63, 3.8) is 0 Å². The summed E-state index contributed by atoms with van der Waals surface area (Å²) in [4.78, 5) is 0. The Morgan fingerprint density at radius 1 is 1.29 bits per heavy atom. The normalized spacial score (nSPS) is 39.7.